The van der Waals surface area contributed by atoms with Gasteiger partial charge in [0.1, 0.15) is 11.6 Å². The number of rotatable bonds is 5. The maximum absolute atomic E-state index is 13.7. The second kappa shape index (κ2) is 8.33. The Hall–Kier alpha value is -1.57. The van der Waals surface area contributed by atoms with E-state index in [4.69, 9.17) is 0 Å². The van der Waals surface area contributed by atoms with E-state index in [1.807, 2.05) is 9.80 Å². The van der Waals surface area contributed by atoms with E-state index in [1.54, 1.807) is 0 Å². The Morgan fingerprint density at radius 1 is 1.26 bits per heavy atom. The summed E-state index contributed by atoms with van der Waals surface area (Å²) in [5.74, 6) is -1.46. The Morgan fingerprint density at radius 3 is 2.70 bits per heavy atom. The number of β-amino-alcohol motifs (C(OH)–C–C–N with tert-alkyl or cyclic N) is 1. The fourth-order valence-electron chi connectivity index (χ4n) is 2.73. The molecule has 1 unspecified atom stereocenters. The third kappa shape index (κ3) is 5.23. The smallest absolute Gasteiger partial charge is 0.319 e. The fraction of sp³-hybridized carbons (Fsp3) is 0.562. The number of halogens is 2. The van der Waals surface area contributed by atoms with Crippen molar-refractivity contribution >= 4 is 5.97 Å². The average Bonchev–Trinajstić information content (AvgIpc) is 2.75. The van der Waals surface area contributed by atoms with Crippen molar-refractivity contribution in [3.63, 3.8) is 0 Å². The third-order valence-corrected chi connectivity index (χ3v) is 4.01. The van der Waals surface area contributed by atoms with Gasteiger partial charge in [-0.3, -0.25) is 14.6 Å². The third-order valence-electron chi connectivity index (χ3n) is 4.01. The van der Waals surface area contributed by atoms with E-state index >= 15 is 0 Å². The van der Waals surface area contributed by atoms with E-state index in [0.717, 1.165) is 37.7 Å². The molecule has 2 rings (SSSR count). The van der Waals surface area contributed by atoms with Gasteiger partial charge in [-0.05, 0) is 31.2 Å². The van der Waals surface area contributed by atoms with Gasteiger partial charge < -0.3 is 9.84 Å². The highest BCUT2D eigenvalue weighted by molar-refractivity contribution is 5.71. The number of nitrogens with zero attached hydrogens (tertiary/aromatic N) is 2. The first-order valence-electron chi connectivity index (χ1n) is 7.64. The molecular formula is C16H22F2N2O3. The van der Waals surface area contributed by atoms with Gasteiger partial charge in [0.05, 0.1) is 19.8 Å². The minimum atomic E-state index is -1.09. The summed E-state index contributed by atoms with van der Waals surface area (Å²) in [6.45, 7) is 3.26. The summed E-state index contributed by atoms with van der Waals surface area (Å²) in [4.78, 5) is 15.3. The van der Waals surface area contributed by atoms with Crippen molar-refractivity contribution in [2.45, 2.75) is 12.5 Å². The summed E-state index contributed by atoms with van der Waals surface area (Å²) in [5, 5.41) is 10.2. The lowest BCUT2D eigenvalue weighted by molar-refractivity contribution is -0.141. The lowest BCUT2D eigenvalue weighted by Gasteiger charge is -2.24. The molecule has 0 saturated carbocycles. The number of aliphatic hydroxyl groups is 1. The Balaban J connectivity index is 1.90. The lowest BCUT2D eigenvalue weighted by atomic mass is 10.1. The fourth-order valence-corrected chi connectivity index (χ4v) is 2.73. The zero-order valence-corrected chi connectivity index (χ0v) is 13.2. The van der Waals surface area contributed by atoms with Crippen LogP contribution in [0.25, 0.3) is 0 Å². The number of aliphatic hydroxyl groups excluding tert-OH is 1. The van der Waals surface area contributed by atoms with Crippen LogP contribution in [0.15, 0.2) is 18.2 Å². The molecule has 7 heteroatoms. The number of hydrogen-bond acceptors (Lipinski definition) is 5. The highest BCUT2D eigenvalue weighted by Gasteiger charge is 2.21. The van der Waals surface area contributed by atoms with Gasteiger partial charge in [0.2, 0.25) is 0 Å². The Labute approximate surface area is 134 Å². The monoisotopic (exact) mass is 328 g/mol. The molecule has 128 valence electrons. The van der Waals surface area contributed by atoms with Gasteiger partial charge >= 0.3 is 5.97 Å². The van der Waals surface area contributed by atoms with E-state index in [0.29, 0.717) is 13.1 Å². The van der Waals surface area contributed by atoms with Crippen LogP contribution in [0.1, 0.15) is 18.1 Å². The maximum atomic E-state index is 13.7. The Kier molecular flexibility index (Phi) is 6.44. The van der Waals surface area contributed by atoms with Crippen molar-refractivity contribution in [3.05, 3.63) is 35.4 Å². The number of carbonyl (C=O) groups excluding carboxylic acids is 1. The van der Waals surface area contributed by atoms with Gasteiger partial charge in [-0.25, -0.2) is 8.78 Å². The second-order valence-electron chi connectivity index (χ2n) is 5.69. The Bertz CT molecular complexity index is 542. The van der Waals surface area contributed by atoms with E-state index in [9.17, 15) is 18.7 Å². The van der Waals surface area contributed by atoms with E-state index in [-0.39, 0.29) is 24.6 Å². The molecule has 0 radical (unpaired) electrons. The molecule has 0 spiro atoms. The normalized spacial score (nSPS) is 18.4. The molecule has 0 aliphatic carbocycles. The summed E-state index contributed by atoms with van der Waals surface area (Å²) in [7, 11) is 1.36. The summed E-state index contributed by atoms with van der Waals surface area (Å²) in [5.41, 5.74) is -0.0272. The molecule has 1 fully saturated rings. The van der Waals surface area contributed by atoms with Crippen molar-refractivity contribution < 1.29 is 23.4 Å². The van der Waals surface area contributed by atoms with Gasteiger partial charge in [0.15, 0.2) is 0 Å². The van der Waals surface area contributed by atoms with Crippen molar-refractivity contribution in [2.75, 3.05) is 46.4 Å². The molecule has 1 heterocycles. The lowest BCUT2D eigenvalue weighted by Crippen LogP contribution is -2.36. The summed E-state index contributed by atoms with van der Waals surface area (Å²) in [6.07, 6.45) is -0.257. The van der Waals surface area contributed by atoms with Crippen LogP contribution in [0.2, 0.25) is 0 Å². The standard InChI is InChI=1S/C16H22F2N2O3/c1-23-16(22)11-20-6-2-5-19(7-8-20)10-15(21)13-9-12(17)3-4-14(13)18/h3-4,9,15,21H,2,5-8,10-11H2,1H3. The van der Waals surface area contributed by atoms with Gasteiger partial charge in [-0.15, -0.1) is 0 Å². The second-order valence-corrected chi connectivity index (χ2v) is 5.69. The van der Waals surface area contributed by atoms with E-state index < -0.39 is 17.7 Å². The van der Waals surface area contributed by atoms with Gasteiger partial charge in [-0.2, -0.15) is 0 Å². The molecule has 1 aliphatic heterocycles. The molecular weight excluding hydrogens is 306 g/mol. The largest absolute Gasteiger partial charge is 0.468 e. The number of carbonyl (C=O) groups is 1. The number of esters is 1. The van der Waals surface area contributed by atoms with Crippen LogP contribution in [0.4, 0.5) is 8.78 Å². The zero-order chi connectivity index (χ0) is 16.8. The molecule has 0 amide bonds. The zero-order valence-electron chi connectivity index (χ0n) is 13.2. The molecule has 0 aromatic heterocycles. The van der Waals surface area contributed by atoms with Crippen LogP contribution in [0, 0.1) is 11.6 Å². The molecule has 0 bridgehead atoms. The van der Waals surface area contributed by atoms with Crippen LogP contribution in [0.3, 0.4) is 0 Å². The predicted molar refractivity (Wildman–Crippen MR) is 80.8 cm³/mol. The van der Waals surface area contributed by atoms with Crippen molar-refractivity contribution in [1.82, 2.24) is 9.80 Å². The number of benzene rings is 1. The minimum absolute atomic E-state index is 0.0272. The molecule has 23 heavy (non-hydrogen) atoms. The predicted octanol–water partition coefficient (Wildman–Crippen LogP) is 1.18. The average molecular weight is 328 g/mol. The van der Waals surface area contributed by atoms with Crippen molar-refractivity contribution in [3.8, 4) is 0 Å². The van der Waals surface area contributed by atoms with Crippen LogP contribution >= 0.6 is 0 Å². The molecule has 5 nitrogen and oxygen atoms in total. The van der Waals surface area contributed by atoms with Crippen molar-refractivity contribution in [1.29, 1.82) is 0 Å². The summed E-state index contributed by atoms with van der Waals surface area (Å²) < 4.78 is 31.6. The van der Waals surface area contributed by atoms with Crippen LogP contribution in [0.5, 0.6) is 0 Å². The number of hydrogen-bond donors (Lipinski definition) is 1. The number of ether oxygens (including phenoxy) is 1. The Morgan fingerprint density at radius 2 is 1.96 bits per heavy atom. The van der Waals surface area contributed by atoms with E-state index in [1.165, 1.54) is 7.11 Å². The first kappa shape index (κ1) is 17.8. The summed E-state index contributed by atoms with van der Waals surface area (Å²) >= 11 is 0. The van der Waals surface area contributed by atoms with Crippen LogP contribution in [-0.2, 0) is 9.53 Å². The maximum Gasteiger partial charge on any atom is 0.319 e. The van der Waals surface area contributed by atoms with Crippen LogP contribution in [-0.4, -0.2) is 67.3 Å². The number of methoxy groups -OCH3 is 1. The van der Waals surface area contributed by atoms with Gasteiger partial charge in [0.25, 0.3) is 0 Å². The molecule has 1 N–H and O–H groups in total. The SMILES string of the molecule is COC(=O)CN1CCCN(CC(O)c2cc(F)ccc2F)CC1. The van der Waals surface area contributed by atoms with Crippen molar-refractivity contribution in [2.24, 2.45) is 0 Å². The molecule has 1 aromatic carbocycles. The minimum Gasteiger partial charge on any atom is -0.468 e. The molecule has 1 aliphatic rings. The van der Waals surface area contributed by atoms with Gasteiger partial charge in [0, 0.05) is 31.7 Å². The first-order chi connectivity index (χ1) is 11.0. The summed E-state index contributed by atoms with van der Waals surface area (Å²) in [6, 6.07) is 3.08. The molecule has 1 atom stereocenters. The highest BCUT2D eigenvalue weighted by atomic mass is 19.1. The molecule has 1 saturated heterocycles. The van der Waals surface area contributed by atoms with Gasteiger partial charge in [-0.1, -0.05) is 0 Å². The van der Waals surface area contributed by atoms with E-state index in [2.05, 4.69) is 4.74 Å². The topological polar surface area (TPSA) is 53.0 Å². The first-order valence-corrected chi connectivity index (χ1v) is 7.64. The van der Waals surface area contributed by atoms with Crippen LogP contribution < -0.4 is 0 Å². The highest BCUT2D eigenvalue weighted by Crippen LogP contribution is 2.20. The molecule has 1 aromatic rings. The quantitative estimate of drug-likeness (QED) is 0.823.